The van der Waals surface area contributed by atoms with E-state index in [0.29, 0.717) is 15.7 Å². The van der Waals surface area contributed by atoms with Gasteiger partial charge < -0.3 is 4.90 Å². The van der Waals surface area contributed by atoms with Crippen molar-refractivity contribution in [2.45, 2.75) is 19.9 Å². The van der Waals surface area contributed by atoms with Crippen molar-refractivity contribution in [2.24, 2.45) is 0 Å². The van der Waals surface area contributed by atoms with Crippen molar-refractivity contribution in [3.63, 3.8) is 0 Å². The van der Waals surface area contributed by atoms with E-state index in [1.807, 2.05) is 38.1 Å². The van der Waals surface area contributed by atoms with Gasteiger partial charge in [0.05, 0.1) is 6.04 Å². The fraction of sp³-hybridized carbons (Fsp3) is 0.250. The number of amides is 1. The van der Waals surface area contributed by atoms with Gasteiger partial charge in [0.25, 0.3) is 5.91 Å². The molecule has 0 fully saturated rings. The van der Waals surface area contributed by atoms with Crippen LogP contribution in [0, 0.1) is 6.92 Å². The first-order chi connectivity index (χ1) is 9.88. The monoisotopic (exact) mass is 322 g/mol. The summed E-state index contributed by atoms with van der Waals surface area (Å²) >= 11 is 11.8. The molecule has 5 heteroatoms. The van der Waals surface area contributed by atoms with Crippen LogP contribution in [-0.2, 0) is 0 Å². The summed E-state index contributed by atoms with van der Waals surface area (Å²) < 4.78 is 0. The summed E-state index contributed by atoms with van der Waals surface area (Å²) in [6.07, 6.45) is 0. The molecular weight excluding hydrogens is 307 g/mol. The number of halogens is 2. The smallest absolute Gasteiger partial charge is 0.254 e. The van der Waals surface area contributed by atoms with E-state index in [0.717, 1.165) is 11.3 Å². The average molecular weight is 323 g/mol. The number of carbonyl (C=O) groups is 1. The number of pyridine rings is 1. The Bertz CT molecular complexity index is 636. The average Bonchev–Trinajstić information content (AvgIpc) is 2.44. The number of hydrogen-bond donors (Lipinski definition) is 0. The first-order valence-corrected chi connectivity index (χ1v) is 7.31. The number of rotatable bonds is 3. The predicted molar refractivity (Wildman–Crippen MR) is 85.9 cm³/mol. The standard InChI is InChI=1S/C16H16Cl2N2O/c1-10-8-13(9-15(18)19-10)16(21)20(3)11(2)12-4-6-14(17)7-5-12/h4-9,11H,1-3H3. The second-order valence-corrected chi connectivity index (χ2v) is 5.79. The van der Waals surface area contributed by atoms with Gasteiger partial charge in [-0.25, -0.2) is 4.98 Å². The van der Waals surface area contributed by atoms with E-state index in [2.05, 4.69) is 4.98 Å². The summed E-state index contributed by atoms with van der Waals surface area (Å²) in [4.78, 5) is 18.3. The molecule has 1 aromatic carbocycles. The summed E-state index contributed by atoms with van der Waals surface area (Å²) in [7, 11) is 1.77. The number of aromatic nitrogens is 1. The highest BCUT2D eigenvalue weighted by Gasteiger charge is 2.19. The molecule has 3 nitrogen and oxygen atoms in total. The maximum Gasteiger partial charge on any atom is 0.254 e. The summed E-state index contributed by atoms with van der Waals surface area (Å²) in [5.74, 6) is -0.0927. The van der Waals surface area contributed by atoms with Crippen LogP contribution in [0.3, 0.4) is 0 Å². The van der Waals surface area contributed by atoms with Gasteiger partial charge in [0.1, 0.15) is 5.15 Å². The van der Waals surface area contributed by atoms with Gasteiger partial charge in [0.2, 0.25) is 0 Å². The lowest BCUT2D eigenvalue weighted by molar-refractivity contribution is 0.0742. The second-order valence-electron chi connectivity index (χ2n) is 4.96. The van der Waals surface area contributed by atoms with E-state index in [4.69, 9.17) is 23.2 Å². The number of aryl methyl sites for hydroxylation is 1. The third-order valence-electron chi connectivity index (χ3n) is 3.42. The van der Waals surface area contributed by atoms with E-state index in [9.17, 15) is 4.79 Å². The van der Waals surface area contributed by atoms with Gasteiger partial charge in [-0.1, -0.05) is 35.3 Å². The zero-order valence-electron chi connectivity index (χ0n) is 12.1. The Morgan fingerprint density at radius 1 is 1.19 bits per heavy atom. The van der Waals surface area contributed by atoms with Crippen LogP contribution in [0.15, 0.2) is 36.4 Å². The van der Waals surface area contributed by atoms with Crippen molar-refractivity contribution in [3.8, 4) is 0 Å². The summed E-state index contributed by atoms with van der Waals surface area (Å²) in [6.45, 7) is 3.78. The van der Waals surface area contributed by atoms with E-state index >= 15 is 0 Å². The highest BCUT2D eigenvalue weighted by molar-refractivity contribution is 6.30. The van der Waals surface area contributed by atoms with Crippen LogP contribution in [0.5, 0.6) is 0 Å². The molecule has 0 saturated heterocycles. The Balaban J connectivity index is 2.23. The van der Waals surface area contributed by atoms with Gasteiger partial charge in [0.15, 0.2) is 0 Å². The van der Waals surface area contributed by atoms with E-state index in [-0.39, 0.29) is 11.9 Å². The maximum atomic E-state index is 12.5. The van der Waals surface area contributed by atoms with Crippen LogP contribution in [0.25, 0.3) is 0 Å². The first-order valence-electron chi connectivity index (χ1n) is 6.55. The van der Waals surface area contributed by atoms with Gasteiger partial charge in [-0.2, -0.15) is 0 Å². The second kappa shape index (κ2) is 6.46. The Morgan fingerprint density at radius 2 is 1.81 bits per heavy atom. The lowest BCUT2D eigenvalue weighted by Crippen LogP contribution is -2.29. The Labute approximate surface area is 134 Å². The molecule has 1 amide bonds. The van der Waals surface area contributed by atoms with Gasteiger partial charge in [-0.05, 0) is 43.7 Å². The fourth-order valence-corrected chi connectivity index (χ4v) is 2.47. The molecular formula is C16H16Cl2N2O. The molecule has 0 aliphatic carbocycles. The molecule has 2 aromatic rings. The molecule has 110 valence electrons. The molecule has 1 heterocycles. The Kier molecular flexibility index (Phi) is 4.86. The third kappa shape index (κ3) is 3.74. The van der Waals surface area contributed by atoms with Crippen molar-refractivity contribution >= 4 is 29.1 Å². The number of benzene rings is 1. The normalized spacial score (nSPS) is 12.0. The van der Waals surface area contributed by atoms with Crippen molar-refractivity contribution in [3.05, 3.63) is 63.4 Å². The minimum absolute atomic E-state index is 0.0676. The zero-order valence-corrected chi connectivity index (χ0v) is 13.6. The van der Waals surface area contributed by atoms with Crippen LogP contribution in [0.4, 0.5) is 0 Å². The van der Waals surface area contributed by atoms with Crippen LogP contribution in [0.1, 0.15) is 34.6 Å². The molecule has 0 bridgehead atoms. The molecule has 1 atom stereocenters. The van der Waals surface area contributed by atoms with E-state index in [1.165, 1.54) is 0 Å². The minimum atomic E-state index is -0.0927. The zero-order chi connectivity index (χ0) is 15.6. The Morgan fingerprint density at radius 3 is 2.38 bits per heavy atom. The molecule has 21 heavy (non-hydrogen) atoms. The lowest BCUT2D eigenvalue weighted by atomic mass is 10.1. The molecule has 2 rings (SSSR count). The summed E-state index contributed by atoms with van der Waals surface area (Å²) in [5.41, 5.74) is 2.28. The SMILES string of the molecule is Cc1cc(C(=O)N(C)C(C)c2ccc(Cl)cc2)cc(Cl)n1. The number of nitrogens with zero attached hydrogens (tertiary/aromatic N) is 2. The van der Waals surface area contributed by atoms with Gasteiger partial charge in [-0.3, -0.25) is 4.79 Å². The molecule has 1 aromatic heterocycles. The van der Waals surface area contributed by atoms with Gasteiger partial charge in [-0.15, -0.1) is 0 Å². The van der Waals surface area contributed by atoms with Crippen LogP contribution in [-0.4, -0.2) is 22.8 Å². The van der Waals surface area contributed by atoms with Crippen LogP contribution in [0.2, 0.25) is 10.2 Å². The molecule has 0 saturated carbocycles. The van der Waals surface area contributed by atoms with Gasteiger partial charge in [0, 0.05) is 23.3 Å². The van der Waals surface area contributed by atoms with Crippen LogP contribution < -0.4 is 0 Å². The maximum absolute atomic E-state index is 12.5. The lowest BCUT2D eigenvalue weighted by Gasteiger charge is -2.25. The largest absolute Gasteiger partial charge is 0.335 e. The van der Waals surface area contributed by atoms with Gasteiger partial charge >= 0.3 is 0 Å². The number of carbonyl (C=O) groups excluding carboxylic acids is 1. The van der Waals surface area contributed by atoms with Crippen molar-refractivity contribution in [1.29, 1.82) is 0 Å². The molecule has 0 spiro atoms. The fourth-order valence-electron chi connectivity index (χ4n) is 2.10. The van der Waals surface area contributed by atoms with E-state index in [1.54, 1.807) is 24.1 Å². The Hall–Kier alpha value is -1.58. The van der Waals surface area contributed by atoms with Crippen molar-refractivity contribution in [2.75, 3.05) is 7.05 Å². The molecule has 1 unspecified atom stereocenters. The number of hydrogen-bond acceptors (Lipinski definition) is 2. The quantitative estimate of drug-likeness (QED) is 0.778. The first kappa shape index (κ1) is 15.8. The van der Waals surface area contributed by atoms with Crippen molar-refractivity contribution < 1.29 is 4.79 Å². The molecule has 0 aliphatic heterocycles. The summed E-state index contributed by atoms with van der Waals surface area (Å²) in [6, 6.07) is 10.7. The predicted octanol–water partition coefficient (Wildman–Crippen LogP) is 4.53. The highest BCUT2D eigenvalue weighted by Crippen LogP contribution is 2.23. The highest BCUT2D eigenvalue weighted by atomic mass is 35.5. The molecule has 0 aliphatic rings. The third-order valence-corrected chi connectivity index (χ3v) is 3.87. The minimum Gasteiger partial charge on any atom is -0.335 e. The van der Waals surface area contributed by atoms with Crippen molar-refractivity contribution in [1.82, 2.24) is 9.88 Å². The summed E-state index contributed by atoms with van der Waals surface area (Å²) in [5, 5.41) is 1.00. The molecule has 0 radical (unpaired) electrons. The molecule has 0 N–H and O–H groups in total. The van der Waals surface area contributed by atoms with E-state index < -0.39 is 0 Å². The van der Waals surface area contributed by atoms with Crippen LogP contribution >= 0.6 is 23.2 Å². The topological polar surface area (TPSA) is 33.2 Å².